The Kier molecular flexibility index (Phi) is 5.20. The fraction of sp³-hybridized carbons (Fsp3) is 0.462. The molecule has 0 radical (unpaired) electrons. The number of hydrogen-bond donors (Lipinski definition) is 0. The third kappa shape index (κ3) is 4.26. The standard InChI is InChI=1S/C13H17BrClNO2/c1-13(2,3)8-16(18-4)12(17)10-7-9(14)5-6-11(10)15/h5-7H,8H2,1-4H3. The van der Waals surface area contributed by atoms with Crippen LogP contribution in [0.5, 0.6) is 0 Å². The summed E-state index contributed by atoms with van der Waals surface area (Å²) in [5, 5.41) is 1.74. The Labute approximate surface area is 121 Å². The van der Waals surface area contributed by atoms with E-state index in [1.54, 1.807) is 18.2 Å². The largest absolute Gasteiger partial charge is 0.278 e. The highest BCUT2D eigenvalue weighted by molar-refractivity contribution is 9.10. The number of benzene rings is 1. The van der Waals surface area contributed by atoms with E-state index in [4.69, 9.17) is 16.4 Å². The molecule has 0 N–H and O–H groups in total. The maximum Gasteiger partial charge on any atom is 0.278 e. The fourth-order valence-electron chi connectivity index (χ4n) is 1.45. The van der Waals surface area contributed by atoms with Gasteiger partial charge in [0.1, 0.15) is 0 Å². The summed E-state index contributed by atoms with van der Waals surface area (Å²) in [5.41, 5.74) is 0.376. The second-order valence-corrected chi connectivity index (χ2v) is 6.53. The average Bonchev–Trinajstić information content (AvgIpc) is 2.27. The van der Waals surface area contributed by atoms with Crippen LogP contribution in [-0.4, -0.2) is 24.6 Å². The van der Waals surface area contributed by atoms with Crippen molar-refractivity contribution in [2.45, 2.75) is 20.8 Å². The zero-order valence-electron chi connectivity index (χ0n) is 11.0. The Balaban J connectivity index is 3.00. The van der Waals surface area contributed by atoms with E-state index in [2.05, 4.69) is 15.9 Å². The van der Waals surface area contributed by atoms with Crippen LogP contribution in [-0.2, 0) is 4.84 Å². The average molecular weight is 335 g/mol. The molecule has 1 aromatic carbocycles. The Hall–Kier alpha value is -0.580. The quantitative estimate of drug-likeness (QED) is 0.777. The van der Waals surface area contributed by atoms with Crippen molar-refractivity contribution < 1.29 is 9.63 Å². The second kappa shape index (κ2) is 6.04. The summed E-state index contributed by atoms with van der Waals surface area (Å²) >= 11 is 9.37. The second-order valence-electron chi connectivity index (χ2n) is 5.21. The first-order valence-corrected chi connectivity index (χ1v) is 6.73. The third-order valence-corrected chi connectivity index (χ3v) is 3.05. The lowest BCUT2D eigenvalue weighted by atomic mass is 9.96. The number of halogens is 2. The van der Waals surface area contributed by atoms with Crippen molar-refractivity contribution >= 4 is 33.4 Å². The first-order valence-electron chi connectivity index (χ1n) is 5.55. The molecule has 0 unspecified atom stereocenters. The highest BCUT2D eigenvalue weighted by Gasteiger charge is 2.24. The Bertz CT molecular complexity index is 443. The topological polar surface area (TPSA) is 29.5 Å². The first-order chi connectivity index (χ1) is 8.24. The molecular formula is C13H17BrClNO2. The fourth-order valence-corrected chi connectivity index (χ4v) is 2.01. The van der Waals surface area contributed by atoms with Crippen molar-refractivity contribution in [1.29, 1.82) is 0 Å². The van der Waals surface area contributed by atoms with Gasteiger partial charge in [0.25, 0.3) is 5.91 Å². The lowest BCUT2D eigenvalue weighted by molar-refractivity contribution is -0.110. The molecule has 0 bridgehead atoms. The maximum absolute atomic E-state index is 12.3. The molecule has 1 rings (SSSR count). The van der Waals surface area contributed by atoms with Gasteiger partial charge in [-0.25, -0.2) is 5.06 Å². The Morgan fingerprint density at radius 2 is 2.06 bits per heavy atom. The summed E-state index contributed by atoms with van der Waals surface area (Å²) in [7, 11) is 1.48. The number of carbonyl (C=O) groups excluding carboxylic acids is 1. The van der Waals surface area contributed by atoms with E-state index < -0.39 is 0 Å². The molecule has 0 heterocycles. The molecule has 0 saturated carbocycles. The van der Waals surface area contributed by atoms with Crippen molar-refractivity contribution in [2.75, 3.05) is 13.7 Å². The van der Waals surface area contributed by atoms with E-state index in [0.717, 1.165) is 4.47 Å². The van der Waals surface area contributed by atoms with Crippen LogP contribution in [0.15, 0.2) is 22.7 Å². The van der Waals surface area contributed by atoms with Crippen LogP contribution >= 0.6 is 27.5 Å². The molecule has 0 spiro atoms. The molecule has 3 nitrogen and oxygen atoms in total. The van der Waals surface area contributed by atoms with Gasteiger partial charge in [0.2, 0.25) is 0 Å². The minimum atomic E-state index is -0.237. The van der Waals surface area contributed by atoms with Gasteiger partial charge in [-0.1, -0.05) is 48.3 Å². The van der Waals surface area contributed by atoms with Gasteiger partial charge in [-0.15, -0.1) is 0 Å². The molecule has 1 aromatic rings. The van der Waals surface area contributed by atoms with Gasteiger partial charge >= 0.3 is 0 Å². The van der Waals surface area contributed by atoms with Crippen LogP contribution in [0.2, 0.25) is 5.02 Å². The van der Waals surface area contributed by atoms with Crippen LogP contribution in [0.1, 0.15) is 31.1 Å². The molecular weight excluding hydrogens is 318 g/mol. The van der Waals surface area contributed by atoms with E-state index in [-0.39, 0.29) is 11.3 Å². The van der Waals surface area contributed by atoms with Crippen molar-refractivity contribution in [3.8, 4) is 0 Å². The molecule has 0 aliphatic rings. The number of carbonyl (C=O) groups is 1. The zero-order chi connectivity index (χ0) is 13.9. The van der Waals surface area contributed by atoms with Crippen LogP contribution in [0.3, 0.4) is 0 Å². The molecule has 100 valence electrons. The van der Waals surface area contributed by atoms with Crippen LogP contribution < -0.4 is 0 Å². The van der Waals surface area contributed by atoms with Crippen molar-refractivity contribution in [2.24, 2.45) is 5.41 Å². The molecule has 1 amide bonds. The summed E-state index contributed by atoms with van der Waals surface area (Å²) < 4.78 is 0.807. The van der Waals surface area contributed by atoms with Gasteiger partial charge in [-0.3, -0.25) is 9.63 Å². The van der Waals surface area contributed by atoms with E-state index >= 15 is 0 Å². The molecule has 0 fully saturated rings. The Morgan fingerprint density at radius 3 is 2.56 bits per heavy atom. The lowest BCUT2D eigenvalue weighted by Gasteiger charge is -2.28. The summed E-state index contributed by atoms with van der Waals surface area (Å²) in [4.78, 5) is 17.5. The minimum absolute atomic E-state index is 0.0514. The molecule has 0 saturated heterocycles. The molecule has 18 heavy (non-hydrogen) atoms. The van der Waals surface area contributed by atoms with Crippen molar-refractivity contribution in [3.63, 3.8) is 0 Å². The third-order valence-electron chi connectivity index (χ3n) is 2.22. The normalized spacial score (nSPS) is 11.4. The number of nitrogens with zero attached hydrogens (tertiary/aromatic N) is 1. The maximum atomic E-state index is 12.3. The smallest absolute Gasteiger partial charge is 0.274 e. The van der Waals surface area contributed by atoms with Gasteiger partial charge < -0.3 is 0 Å². The zero-order valence-corrected chi connectivity index (χ0v) is 13.3. The van der Waals surface area contributed by atoms with E-state index in [9.17, 15) is 4.79 Å². The van der Waals surface area contributed by atoms with E-state index in [1.165, 1.54) is 12.2 Å². The predicted octanol–water partition coefficient (Wildman–Crippen LogP) is 4.15. The van der Waals surface area contributed by atoms with Crippen LogP contribution in [0, 0.1) is 5.41 Å². The molecule has 0 atom stereocenters. The summed E-state index contributed by atoms with van der Waals surface area (Å²) in [6.07, 6.45) is 0. The number of hydrogen-bond acceptors (Lipinski definition) is 2. The number of rotatable bonds is 3. The molecule has 5 heteroatoms. The van der Waals surface area contributed by atoms with Gasteiger partial charge in [0.15, 0.2) is 0 Å². The Morgan fingerprint density at radius 1 is 1.44 bits per heavy atom. The predicted molar refractivity (Wildman–Crippen MR) is 76.7 cm³/mol. The first kappa shape index (κ1) is 15.5. The van der Waals surface area contributed by atoms with Gasteiger partial charge in [-0.2, -0.15) is 0 Å². The number of amides is 1. The number of hydroxylamine groups is 2. The van der Waals surface area contributed by atoms with Gasteiger partial charge in [0, 0.05) is 4.47 Å². The molecule has 0 aliphatic carbocycles. The van der Waals surface area contributed by atoms with Crippen LogP contribution in [0.25, 0.3) is 0 Å². The monoisotopic (exact) mass is 333 g/mol. The highest BCUT2D eigenvalue weighted by atomic mass is 79.9. The van der Waals surface area contributed by atoms with E-state index in [1.807, 2.05) is 20.8 Å². The van der Waals surface area contributed by atoms with Gasteiger partial charge in [-0.05, 0) is 23.6 Å². The minimum Gasteiger partial charge on any atom is -0.274 e. The summed E-state index contributed by atoms with van der Waals surface area (Å²) in [6.45, 7) is 6.60. The van der Waals surface area contributed by atoms with Crippen molar-refractivity contribution in [3.05, 3.63) is 33.3 Å². The van der Waals surface area contributed by atoms with Crippen molar-refractivity contribution in [1.82, 2.24) is 5.06 Å². The van der Waals surface area contributed by atoms with Crippen LogP contribution in [0.4, 0.5) is 0 Å². The molecule has 0 aliphatic heterocycles. The SMILES string of the molecule is CON(CC(C)(C)C)C(=O)c1cc(Br)ccc1Cl. The van der Waals surface area contributed by atoms with Gasteiger partial charge in [0.05, 0.1) is 24.2 Å². The molecule has 0 aromatic heterocycles. The highest BCUT2D eigenvalue weighted by Crippen LogP contribution is 2.24. The summed E-state index contributed by atoms with van der Waals surface area (Å²) in [5.74, 6) is -0.237. The summed E-state index contributed by atoms with van der Waals surface area (Å²) in [6, 6.07) is 5.17. The lowest BCUT2D eigenvalue weighted by Crippen LogP contribution is -2.37. The van der Waals surface area contributed by atoms with E-state index in [0.29, 0.717) is 17.1 Å².